The van der Waals surface area contributed by atoms with Crippen molar-refractivity contribution >= 4 is 31.0 Å². The maximum atomic E-state index is 13.5. The van der Waals surface area contributed by atoms with Gasteiger partial charge in [-0.05, 0) is 81.5 Å². The van der Waals surface area contributed by atoms with Gasteiger partial charge in [-0.1, -0.05) is 24.5 Å². The second-order valence-electron chi connectivity index (χ2n) is 10.7. The van der Waals surface area contributed by atoms with Gasteiger partial charge in [-0.15, -0.1) is 0 Å². The van der Waals surface area contributed by atoms with Crippen LogP contribution >= 0.6 is 0 Å². The third kappa shape index (κ3) is 6.13. The zero-order valence-electron chi connectivity index (χ0n) is 22.2. The lowest BCUT2D eigenvalue weighted by Crippen LogP contribution is -2.46. The number of furan rings is 1. The van der Waals surface area contributed by atoms with E-state index in [1.54, 1.807) is 6.07 Å². The maximum absolute atomic E-state index is 13.5. The van der Waals surface area contributed by atoms with E-state index in [0.717, 1.165) is 29.6 Å². The Bertz CT molecular complexity index is 1110. The maximum Gasteiger partial charge on any atom is 0.455 e. The third-order valence-corrected chi connectivity index (χ3v) is 8.18. The van der Waals surface area contributed by atoms with E-state index in [1.807, 2.05) is 19.1 Å². The molecule has 0 radical (unpaired) electrons. The molecule has 206 valence electrons. The Morgan fingerprint density at radius 3 is 2.63 bits per heavy atom. The number of hydrogen-bond acceptors (Lipinski definition) is 7. The van der Waals surface area contributed by atoms with Crippen LogP contribution in [0.3, 0.4) is 0 Å². The second-order valence-corrected chi connectivity index (χ2v) is 10.7. The molecule has 4 atom stereocenters. The summed E-state index contributed by atoms with van der Waals surface area (Å²) >= 11 is 0. The summed E-state index contributed by atoms with van der Waals surface area (Å²) in [5.41, 5.74) is 3.27. The monoisotopic (exact) mass is 527 g/mol. The fraction of sp³-hybridized carbons (Fsp3) is 0.607. The average Bonchev–Trinajstić information content (AvgIpc) is 3.43. The van der Waals surface area contributed by atoms with Gasteiger partial charge >= 0.3 is 13.1 Å². The fourth-order valence-corrected chi connectivity index (χ4v) is 6.35. The van der Waals surface area contributed by atoms with Crippen molar-refractivity contribution in [3.8, 4) is 0 Å². The molecule has 0 bridgehead atoms. The second kappa shape index (κ2) is 12.4. The Balaban J connectivity index is 1.45. The highest BCUT2D eigenvalue weighted by Crippen LogP contribution is 2.50. The summed E-state index contributed by atoms with van der Waals surface area (Å²) in [7, 11) is -1.00. The van der Waals surface area contributed by atoms with Gasteiger partial charge in [-0.25, -0.2) is 0 Å². The molecule has 3 N–H and O–H groups in total. The first-order valence-corrected chi connectivity index (χ1v) is 13.7. The lowest BCUT2D eigenvalue weighted by Gasteiger charge is -2.42. The predicted octanol–water partition coefficient (Wildman–Crippen LogP) is 3.81. The number of aliphatic hydroxyl groups is 1. The molecule has 0 aromatic carbocycles. The molecule has 2 fully saturated rings. The summed E-state index contributed by atoms with van der Waals surface area (Å²) in [6.45, 7) is 4.23. The van der Waals surface area contributed by atoms with Crippen molar-refractivity contribution in [2.75, 3.05) is 6.54 Å². The van der Waals surface area contributed by atoms with E-state index in [-0.39, 0.29) is 36.9 Å². The van der Waals surface area contributed by atoms with Gasteiger partial charge in [-0.3, -0.25) is 19.3 Å². The van der Waals surface area contributed by atoms with E-state index in [9.17, 15) is 24.5 Å². The highest BCUT2D eigenvalue weighted by Gasteiger charge is 2.56. The fourth-order valence-electron chi connectivity index (χ4n) is 6.35. The molecule has 9 nitrogen and oxygen atoms in total. The predicted molar refractivity (Wildman–Crippen MR) is 140 cm³/mol. The highest BCUT2D eigenvalue weighted by molar-refractivity contribution is 6.43. The number of carbonyl (C=O) groups is 3. The number of carboxylic acids is 1. The van der Waals surface area contributed by atoms with Crippen LogP contribution in [-0.4, -0.2) is 57.7 Å². The van der Waals surface area contributed by atoms with Gasteiger partial charge in [0.05, 0.1) is 17.9 Å². The summed E-state index contributed by atoms with van der Waals surface area (Å²) in [6.07, 6.45) is 6.45. The Kier molecular flexibility index (Phi) is 9.28. The van der Waals surface area contributed by atoms with Crippen LogP contribution in [0.5, 0.6) is 0 Å². The number of allylic oxidation sites excluding steroid dienone is 2. The molecule has 1 aromatic rings. The largest absolute Gasteiger partial charge is 0.481 e. The topological polar surface area (TPSA) is 138 Å². The van der Waals surface area contributed by atoms with Gasteiger partial charge in [0, 0.05) is 13.0 Å². The summed E-state index contributed by atoms with van der Waals surface area (Å²) in [5, 5.41) is 28.7. The van der Waals surface area contributed by atoms with Gasteiger partial charge in [0.1, 0.15) is 18.1 Å². The number of likely N-dealkylation sites (tertiary alicyclic amines) is 1. The van der Waals surface area contributed by atoms with Crippen LogP contribution in [0.1, 0.15) is 76.7 Å². The Hall–Kier alpha value is -2.69. The SMILES string of the molecule is CC/C(=C\c1ccc(CO)o1)CC[C@H]1OB(O)C[C@H]2C1=C(C)C[C@H]1C(=O)N(CCCCCC(=O)O)C(=O)[C@H]12. The molecule has 2 saturated heterocycles. The summed E-state index contributed by atoms with van der Waals surface area (Å²) in [6, 6.07) is 3.57. The molecule has 1 aromatic heterocycles. The number of carboxylic acid groups (broad SMARTS) is 1. The zero-order valence-corrected chi connectivity index (χ0v) is 22.2. The van der Waals surface area contributed by atoms with Gasteiger partial charge < -0.3 is 24.3 Å². The van der Waals surface area contributed by atoms with Crippen LogP contribution in [0.4, 0.5) is 0 Å². The third-order valence-electron chi connectivity index (χ3n) is 8.18. The quantitative estimate of drug-likeness (QED) is 0.162. The lowest BCUT2D eigenvalue weighted by molar-refractivity contribution is -0.141. The molecule has 2 amide bonds. The van der Waals surface area contributed by atoms with Crippen molar-refractivity contribution in [1.82, 2.24) is 4.90 Å². The standard InChI is InChI=1S/C28H38BNO8/c1-3-18(14-19-9-10-20(16-31)37-19)8-11-23-25-17(2)13-21-26(22(25)15-29(36)38-23)28(35)30(27(21)34)12-6-4-5-7-24(32)33/h9-10,14,21-23,26,31,36H,3-8,11-13,15-16H2,1-2H3,(H,32,33)/b18-14+/t21-,22+,23-,26-/m1/s1. The van der Waals surface area contributed by atoms with Gasteiger partial charge in [0.2, 0.25) is 11.8 Å². The molecule has 1 aliphatic carbocycles. The minimum atomic E-state index is -1.00. The summed E-state index contributed by atoms with van der Waals surface area (Å²) < 4.78 is 11.6. The molecule has 4 rings (SSSR count). The minimum Gasteiger partial charge on any atom is -0.481 e. The zero-order chi connectivity index (χ0) is 27.4. The van der Waals surface area contributed by atoms with E-state index < -0.39 is 24.9 Å². The van der Waals surface area contributed by atoms with E-state index in [0.29, 0.717) is 56.5 Å². The van der Waals surface area contributed by atoms with Crippen molar-refractivity contribution in [1.29, 1.82) is 0 Å². The molecule has 3 aliphatic rings. The molecule has 0 spiro atoms. The molecule has 0 unspecified atom stereocenters. The number of amides is 2. The molecular weight excluding hydrogens is 489 g/mol. The van der Waals surface area contributed by atoms with Crippen LogP contribution in [0, 0.1) is 17.8 Å². The number of rotatable bonds is 12. The first-order valence-electron chi connectivity index (χ1n) is 13.7. The van der Waals surface area contributed by atoms with E-state index in [1.165, 1.54) is 4.90 Å². The number of fused-ring (bicyclic) bond motifs is 3. The van der Waals surface area contributed by atoms with E-state index >= 15 is 0 Å². The summed E-state index contributed by atoms with van der Waals surface area (Å²) in [5.74, 6) is -1.10. The van der Waals surface area contributed by atoms with Crippen LogP contribution in [0.25, 0.3) is 6.08 Å². The lowest BCUT2D eigenvalue weighted by atomic mass is 9.59. The molecule has 2 aliphatic heterocycles. The molecule has 10 heteroatoms. The normalized spacial score (nSPS) is 25.7. The number of imide groups is 1. The molecular formula is C28H38BNO8. The average molecular weight is 527 g/mol. The minimum absolute atomic E-state index is 0.0844. The Labute approximate surface area is 223 Å². The van der Waals surface area contributed by atoms with E-state index in [2.05, 4.69) is 6.92 Å². The number of unbranched alkanes of at least 4 members (excludes halogenated alkanes) is 2. The number of hydrogen-bond donors (Lipinski definition) is 3. The number of aliphatic hydroxyl groups excluding tert-OH is 1. The van der Waals surface area contributed by atoms with Gasteiger partial charge in [0.25, 0.3) is 0 Å². The Morgan fingerprint density at radius 1 is 1.16 bits per heavy atom. The van der Waals surface area contributed by atoms with Crippen LogP contribution in [-0.2, 0) is 25.6 Å². The molecule has 38 heavy (non-hydrogen) atoms. The van der Waals surface area contributed by atoms with Crippen molar-refractivity contribution in [3.05, 3.63) is 40.4 Å². The van der Waals surface area contributed by atoms with Crippen LogP contribution in [0.2, 0.25) is 6.32 Å². The van der Waals surface area contributed by atoms with Crippen molar-refractivity contribution in [2.24, 2.45) is 17.8 Å². The smallest absolute Gasteiger partial charge is 0.455 e. The van der Waals surface area contributed by atoms with Crippen LogP contribution in [0.15, 0.2) is 33.3 Å². The van der Waals surface area contributed by atoms with Crippen molar-refractivity contribution in [2.45, 2.75) is 84.2 Å². The first-order chi connectivity index (χ1) is 18.2. The summed E-state index contributed by atoms with van der Waals surface area (Å²) in [4.78, 5) is 38.8. The number of carbonyl (C=O) groups excluding carboxylic acids is 2. The Morgan fingerprint density at radius 2 is 1.95 bits per heavy atom. The molecule has 3 heterocycles. The van der Waals surface area contributed by atoms with Gasteiger partial charge in [-0.2, -0.15) is 0 Å². The van der Waals surface area contributed by atoms with Crippen molar-refractivity contribution < 1.29 is 38.7 Å². The highest BCUT2D eigenvalue weighted by atomic mass is 16.5. The number of nitrogens with zero attached hydrogens (tertiary/aromatic N) is 1. The van der Waals surface area contributed by atoms with Crippen LogP contribution < -0.4 is 0 Å². The molecule has 0 saturated carbocycles. The first kappa shape index (κ1) is 28.3. The van der Waals surface area contributed by atoms with Crippen molar-refractivity contribution in [3.63, 3.8) is 0 Å². The number of aliphatic carboxylic acids is 1. The van der Waals surface area contributed by atoms with E-state index in [4.69, 9.17) is 14.2 Å². The van der Waals surface area contributed by atoms with Gasteiger partial charge in [0.15, 0.2) is 0 Å².